The Balaban J connectivity index is 2.44. The fraction of sp³-hybridized carbons (Fsp3) is 0.286. The Morgan fingerprint density at radius 2 is 2.25 bits per heavy atom. The highest BCUT2D eigenvalue weighted by atomic mass is 35.5. The van der Waals surface area contributed by atoms with Crippen LogP contribution in [0.15, 0.2) is 29.5 Å². The topological polar surface area (TPSA) is 122 Å². The van der Waals surface area contributed by atoms with Crippen molar-refractivity contribution in [1.29, 1.82) is 0 Å². The van der Waals surface area contributed by atoms with Crippen molar-refractivity contribution in [3.8, 4) is 0 Å². The van der Waals surface area contributed by atoms with E-state index in [-0.39, 0.29) is 47.4 Å². The first kappa shape index (κ1) is 17.7. The van der Waals surface area contributed by atoms with Crippen molar-refractivity contribution in [2.75, 3.05) is 32.1 Å². The summed E-state index contributed by atoms with van der Waals surface area (Å²) in [7, 11) is 1.16. The SMILES string of the molecule is COC(=O)C1=C(Nc2cc(Cl)ccc2[N+](=O)[O-])C(=O)N(CCO)C1. The number of rotatable bonds is 6. The number of β-amino-alcohol motifs (C(OH)–C–C–N with tert-alkyl or cyclic N) is 1. The lowest BCUT2D eigenvalue weighted by molar-refractivity contribution is -0.383. The molecular formula is C14H14ClN3O6. The van der Waals surface area contributed by atoms with Gasteiger partial charge in [0.1, 0.15) is 11.4 Å². The molecule has 1 aliphatic heterocycles. The number of nitrogens with zero attached hydrogens (tertiary/aromatic N) is 2. The van der Waals surface area contributed by atoms with E-state index in [0.29, 0.717) is 0 Å². The molecule has 2 N–H and O–H groups in total. The van der Waals surface area contributed by atoms with Gasteiger partial charge >= 0.3 is 5.97 Å². The van der Waals surface area contributed by atoms with E-state index in [1.807, 2.05) is 0 Å². The number of halogens is 1. The van der Waals surface area contributed by atoms with Crippen LogP contribution in [0.1, 0.15) is 0 Å². The lowest BCUT2D eigenvalue weighted by Crippen LogP contribution is -2.31. The van der Waals surface area contributed by atoms with Gasteiger partial charge < -0.3 is 20.1 Å². The predicted octanol–water partition coefficient (Wildman–Crippen LogP) is 0.922. The Kier molecular flexibility index (Phi) is 5.37. The van der Waals surface area contributed by atoms with E-state index in [9.17, 15) is 19.7 Å². The number of carbonyl (C=O) groups is 2. The number of aliphatic hydroxyl groups excluding tert-OH is 1. The van der Waals surface area contributed by atoms with Crippen LogP contribution in [0.3, 0.4) is 0 Å². The molecule has 0 spiro atoms. The number of nitro benzene ring substituents is 1. The summed E-state index contributed by atoms with van der Waals surface area (Å²) >= 11 is 5.85. The highest BCUT2D eigenvalue weighted by Crippen LogP contribution is 2.31. The number of aliphatic hydroxyl groups is 1. The van der Waals surface area contributed by atoms with Gasteiger partial charge in [-0.25, -0.2) is 4.79 Å². The zero-order valence-corrected chi connectivity index (χ0v) is 13.4. The quantitative estimate of drug-likeness (QED) is 0.442. The van der Waals surface area contributed by atoms with Gasteiger partial charge in [-0.2, -0.15) is 0 Å². The Morgan fingerprint density at radius 1 is 1.54 bits per heavy atom. The van der Waals surface area contributed by atoms with Crippen molar-refractivity contribution >= 4 is 34.9 Å². The van der Waals surface area contributed by atoms with Crippen LogP contribution in [0.4, 0.5) is 11.4 Å². The molecule has 0 saturated heterocycles. The van der Waals surface area contributed by atoms with E-state index in [1.165, 1.54) is 23.1 Å². The first-order chi connectivity index (χ1) is 11.4. The summed E-state index contributed by atoms with van der Waals surface area (Å²) in [6.07, 6.45) is 0. The predicted molar refractivity (Wildman–Crippen MR) is 84.4 cm³/mol. The molecule has 1 aromatic carbocycles. The monoisotopic (exact) mass is 355 g/mol. The maximum absolute atomic E-state index is 12.4. The molecule has 0 bridgehead atoms. The van der Waals surface area contributed by atoms with Gasteiger partial charge in [0.2, 0.25) is 0 Å². The van der Waals surface area contributed by atoms with E-state index in [0.717, 1.165) is 7.11 Å². The molecule has 10 heteroatoms. The summed E-state index contributed by atoms with van der Waals surface area (Å²) in [5.74, 6) is -1.31. The third-order valence-electron chi connectivity index (χ3n) is 3.37. The molecule has 9 nitrogen and oxygen atoms in total. The standard InChI is InChI=1S/C14H14ClN3O6/c1-24-14(21)9-7-17(4-5-19)13(20)12(9)16-10-6-8(15)2-3-11(10)18(22)23/h2-3,6,16,19H,4-5,7H2,1H3. The molecule has 128 valence electrons. The average Bonchev–Trinajstić information content (AvgIpc) is 2.84. The molecule has 0 radical (unpaired) electrons. The lowest BCUT2D eigenvalue weighted by Gasteiger charge is -2.15. The molecule has 0 atom stereocenters. The first-order valence-corrected chi connectivity index (χ1v) is 7.19. The normalized spacial score (nSPS) is 14.1. The smallest absolute Gasteiger partial charge is 0.337 e. The van der Waals surface area contributed by atoms with Crippen LogP contribution in [-0.2, 0) is 14.3 Å². The van der Waals surface area contributed by atoms with Crippen LogP contribution < -0.4 is 5.32 Å². The number of nitrogens with one attached hydrogen (secondary N) is 1. The van der Waals surface area contributed by atoms with Crippen molar-refractivity contribution in [2.45, 2.75) is 0 Å². The van der Waals surface area contributed by atoms with Crippen LogP contribution in [0, 0.1) is 10.1 Å². The zero-order chi connectivity index (χ0) is 17.9. The van der Waals surface area contributed by atoms with E-state index >= 15 is 0 Å². The molecule has 0 unspecified atom stereocenters. The molecule has 1 heterocycles. The van der Waals surface area contributed by atoms with Gasteiger partial charge in [-0.05, 0) is 12.1 Å². The number of ether oxygens (including phenoxy) is 1. The number of benzene rings is 1. The molecule has 1 aliphatic rings. The van der Waals surface area contributed by atoms with E-state index < -0.39 is 16.8 Å². The molecule has 0 saturated carbocycles. The number of hydrogen-bond donors (Lipinski definition) is 2. The number of carbonyl (C=O) groups excluding carboxylic acids is 2. The van der Waals surface area contributed by atoms with Gasteiger partial charge in [0.25, 0.3) is 11.6 Å². The minimum Gasteiger partial charge on any atom is -0.466 e. The number of esters is 1. The summed E-state index contributed by atoms with van der Waals surface area (Å²) in [5, 5.41) is 23.0. The summed E-state index contributed by atoms with van der Waals surface area (Å²) in [4.78, 5) is 36.0. The lowest BCUT2D eigenvalue weighted by atomic mass is 10.2. The first-order valence-electron chi connectivity index (χ1n) is 6.81. The second kappa shape index (κ2) is 7.28. The fourth-order valence-electron chi connectivity index (χ4n) is 2.25. The summed E-state index contributed by atoms with van der Waals surface area (Å²) < 4.78 is 4.64. The Hall–Kier alpha value is -2.65. The summed E-state index contributed by atoms with van der Waals surface area (Å²) in [6.45, 7) is -0.338. The Bertz CT molecular complexity index is 733. The van der Waals surface area contributed by atoms with Crippen molar-refractivity contribution in [3.05, 3.63) is 44.6 Å². The molecule has 1 aromatic rings. The minimum absolute atomic E-state index is 0.0160. The minimum atomic E-state index is -0.740. The highest BCUT2D eigenvalue weighted by molar-refractivity contribution is 6.31. The van der Waals surface area contributed by atoms with Crippen molar-refractivity contribution < 1.29 is 24.4 Å². The van der Waals surface area contributed by atoms with Crippen LogP contribution in [0.5, 0.6) is 0 Å². The van der Waals surface area contributed by atoms with Crippen molar-refractivity contribution in [3.63, 3.8) is 0 Å². The van der Waals surface area contributed by atoms with Gasteiger partial charge in [0, 0.05) is 17.6 Å². The van der Waals surface area contributed by atoms with Crippen LogP contribution >= 0.6 is 11.6 Å². The second-order valence-electron chi connectivity index (χ2n) is 4.84. The molecule has 1 amide bonds. The average molecular weight is 356 g/mol. The largest absolute Gasteiger partial charge is 0.466 e. The molecule has 0 aliphatic carbocycles. The van der Waals surface area contributed by atoms with Crippen molar-refractivity contribution in [2.24, 2.45) is 0 Å². The Labute approximate surface area is 141 Å². The molecule has 24 heavy (non-hydrogen) atoms. The van der Waals surface area contributed by atoms with Gasteiger partial charge in [-0.1, -0.05) is 11.6 Å². The second-order valence-corrected chi connectivity index (χ2v) is 5.28. The number of hydrogen-bond acceptors (Lipinski definition) is 7. The van der Waals surface area contributed by atoms with Gasteiger partial charge in [0.05, 0.1) is 30.8 Å². The summed E-state index contributed by atoms with van der Waals surface area (Å²) in [5.41, 5.74) is -0.446. The van der Waals surface area contributed by atoms with Gasteiger partial charge in [-0.3, -0.25) is 14.9 Å². The van der Waals surface area contributed by atoms with E-state index in [1.54, 1.807) is 0 Å². The maximum atomic E-state index is 12.4. The zero-order valence-electron chi connectivity index (χ0n) is 12.6. The Morgan fingerprint density at radius 3 is 2.83 bits per heavy atom. The summed E-state index contributed by atoms with van der Waals surface area (Å²) in [6, 6.07) is 3.81. The van der Waals surface area contributed by atoms with Crippen LogP contribution in [-0.4, -0.2) is 53.6 Å². The van der Waals surface area contributed by atoms with Crippen LogP contribution in [0.25, 0.3) is 0 Å². The van der Waals surface area contributed by atoms with E-state index in [2.05, 4.69) is 10.1 Å². The molecule has 0 fully saturated rings. The molecule has 2 rings (SSSR count). The maximum Gasteiger partial charge on any atom is 0.337 e. The third kappa shape index (κ3) is 3.47. The van der Waals surface area contributed by atoms with E-state index in [4.69, 9.17) is 16.7 Å². The molecular weight excluding hydrogens is 342 g/mol. The number of methoxy groups -OCH3 is 1. The van der Waals surface area contributed by atoms with Gasteiger partial charge in [-0.15, -0.1) is 0 Å². The fourth-order valence-corrected chi connectivity index (χ4v) is 2.42. The third-order valence-corrected chi connectivity index (χ3v) is 3.60. The van der Waals surface area contributed by atoms with Crippen molar-refractivity contribution in [1.82, 2.24) is 4.90 Å². The number of nitro groups is 1. The highest BCUT2D eigenvalue weighted by Gasteiger charge is 2.35. The number of amides is 1. The van der Waals surface area contributed by atoms with Gasteiger partial charge in [0.15, 0.2) is 0 Å². The number of anilines is 1. The molecule has 0 aromatic heterocycles. The van der Waals surface area contributed by atoms with Crippen LogP contribution in [0.2, 0.25) is 5.02 Å².